The summed E-state index contributed by atoms with van der Waals surface area (Å²) in [5.41, 5.74) is -1.71. The molecule has 0 aromatic carbocycles. The minimum Gasteiger partial charge on any atom is -0.481 e. The van der Waals surface area contributed by atoms with Crippen molar-refractivity contribution in [1.82, 2.24) is 14.8 Å². The summed E-state index contributed by atoms with van der Waals surface area (Å²) >= 11 is 0. The van der Waals surface area contributed by atoms with Crippen molar-refractivity contribution < 1.29 is 32.7 Å². The summed E-state index contributed by atoms with van der Waals surface area (Å²) in [5, 5.41) is 9.05. The Morgan fingerprint density at radius 2 is 1.89 bits per heavy atom. The molecule has 0 aliphatic carbocycles. The van der Waals surface area contributed by atoms with Gasteiger partial charge in [0.2, 0.25) is 5.91 Å². The van der Waals surface area contributed by atoms with Gasteiger partial charge in [0.15, 0.2) is 0 Å². The van der Waals surface area contributed by atoms with Gasteiger partial charge in [-0.15, -0.1) is 0 Å². The average molecular weight is 385 g/mol. The maximum Gasteiger partial charge on any atom is 0.418 e. The lowest BCUT2D eigenvalue weighted by Crippen LogP contribution is -2.47. The number of carbonyl (C=O) groups is 3. The lowest BCUT2D eigenvalue weighted by molar-refractivity contribution is -0.141. The van der Waals surface area contributed by atoms with Gasteiger partial charge in [0.1, 0.15) is 5.69 Å². The highest BCUT2D eigenvalue weighted by Crippen LogP contribution is 2.32. The fourth-order valence-corrected chi connectivity index (χ4v) is 3.58. The molecule has 10 heteroatoms. The van der Waals surface area contributed by atoms with Crippen LogP contribution in [0.15, 0.2) is 18.3 Å². The van der Waals surface area contributed by atoms with E-state index in [9.17, 15) is 27.6 Å². The van der Waals surface area contributed by atoms with Crippen LogP contribution >= 0.6 is 0 Å². The van der Waals surface area contributed by atoms with Crippen molar-refractivity contribution in [2.24, 2.45) is 5.92 Å². The topological polar surface area (TPSA) is 90.8 Å². The molecule has 27 heavy (non-hydrogen) atoms. The molecule has 2 aliphatic rings. The zero-order chi connectivity index (χ0) is 19.8. The van der Waals surface area contributed by atoms with Crippen LogP contribution in [-0.4, -0.2) is 63.4 Å². The Morgan fingerprint density at radius 3 is 2.44 bits per heavy atom. The first-order valence-corrected chi connectivity index (χ1v) is 8.52. The smallest absolute Gasteiger partial charge is 0.418 e. The van der Waals surface area contributed by atoms with Gasteiger partial charge in [-0.05, 0) is 25.0 Å². The van der Waals surface area contributed by atoms with E-state index in [4.69, 9.17) is 5.11 Å². The van der Waals surface area contributed by atoms with Crippen LogP contribution in [0, 0.1) is 5.92 Å². The summed E-state index contributed by atoms with van der Waals surface area (Å²) in [4.78, 5) is 42.0. The summed E-state index contributed by atoms with van der Waals surface area (Å²) in [6, 6.07) is 1.74. The molecule has 3 rings (SSSR count). The summed E-state index contributed by atoms with van der Waals surface area (Å²) in [5.74, 6) is -2.79. The van der Waals surface area contributed by atoms with Gasteiger partial charge < -0.3 is 14.9 Å². The predicted octanol–water partition coefficient (Wildman–Crippen LogP) is 1.64. The molecule has 1 atom stereocenters. The maximum absolute atomic E-state index is 13.1. The van der Waals surface area contributed by atoms with Crippen molar-refractivity contribution in [3.05, 3.63) is 29.6 Å². The quantitative estimate of drug-likeness (QED) is 0.854. The summed E-state index contributed by atoms with van der Waals surface area (Å²) in [6.45, 7) is 0.489. The minimum absolute atomic E-state index is 0.0443. The van der Waals surface area contributed by atoms with Gasteiger partial charge in [-0.3, -0.25) is 19.4 Å². The minimum atomic E-state index is -4.68. The third kappa shape index (κ3) is 3.88. The lowest BCUT2D eigenvalue weighted by Gasteiger charge is -2.36. The number of carbonyl (C=O) groups excluding carboxylic acids is 2. The number of halogens is 3. The zero-order valence-corrected chi connectivity index (χ0v) is 14.3. The molecule has 2 fully saturated rings. The molecule has 1 aromatic rings. The Bertz CT molecular complexity index is 760. The Balaban J connectivity index is 1.66. The second kappa shape index (κ2) is 7.16. The summed E-state index contributed by atoms with van der Waals surface area (Å²) in [7, 11) is 0. The first-order valence-electron chi connectivity index (χ1n) is 8.52. The number of carboxylic acid groups (broad SMARTS) is 1. The van der Waals surface area contributed by atoms with E-state index in [1.54, 1.807) is 0 Å². The molecule has 0 saturated carbocycles. The third-order valence-electron chi connectivity index (χ3n) is 5.02. The number of rotatable bonds is 3. The van der Waals surface area contributed by atoms with Gasteiger partial charge in [-0.2, -0.15) is 13.2 Å². The Labute approximate surface area is 152 Å². The molecule has 1 unspecified atom stereocenters. The number of hydrogen-bond donors (Lipinski definition) is 1. The second-order valence-corrected chi connectivity index (χ2v) is 6.71. The van der Waals surface area contributed by atoms with Gasteiger partial charge in [0.25, 0.3) is 5.91 Å². The molecule has 1 aromatic heterocycles. The number of carboxylic acids is 1. The fourth-order valence-electron chi connectivity index (χ4n) is 3.58. The van der Waals surface area contributed by atoms with Gasteiger partial charge in [0, 0.05) is 38.3 Å². The van der Waals surface area contributed by atoms with E-state index in [2.05, 4.69) is 4.98 Å². The summed E-state index contributed by atoms with van der Waals surface area (Å²) in [6.07, 6.45) is -2.80. The highest BCUT2D eigenvalue weighted by Gasteiger charge is 2.41. The molecule has 2 aliphatic heterocycles. The van der Waals surface area contributed by atoms with Crippen LogP contribution in [0.3, 0.4) is 0 Å². The third-order valence-corrected chi connectivity index (χ3v) is 5.02. The van der Waals surface area contributed by atoms with E-state index >= 15 is 0 Å². The van der Waals surface area contributed by atoms with Gasteiger partial charge in [-0.25, -0.2) is 0 Å². The first kappa shape index (κ1) is 19.1. The molecule has 0 spiro atoms. The van der Waals surface area contributed by atoms with E-state index < -0.39 is 35.2 Å². The number of pyridine rings is 1. The second-order valence-electron chi connectivity index (χ2n) is 6.71. The van der Waals surface area contributed by atoms with Crippen molar-refractivity contribution in [3.63, 3.8) is 0 Å². The van der Waals surface area contributed by atoms with Crippen molar-refractivity contribution in [3.8, 4) is 0 Å². The van der Waals surface area contributed by atoms with E-state index in [1.165, 1.54) is 9.80 Å². The molecule has 7 nitrogen and oxygen atoms in total. The van der Waals surface area contributed by atoms with Crippen molar-refractivity contribution >= 4 is 17.8 Å². The van der Waals surface area contributed by atoms with E-state index in [0.717, 1.165) is 18.3 Å². The predicted molar refractivity (Wildman–Crippen MR) is 85.6 cm³/mol. The number of piperidine rings is 1. The van der Waals surface area contributed by atoms with Gasteiger partial charge in [-0.1, -0.05) is 0 Å². The zero-order valence-electron chi connectivity index (χ0n) is 14.3. The van der Waals surface area contributed by atoms with Gasteiger partial charge in [0.05, 0.1) is 11.5 Å². The van der Waals surface area contributed by atoms with Crippen molar-refractivity contribution in [1.29, 1.82) is 0 Å². The standard InChI is InChI=1S/C17H18F3N3O4/c18-17(19,20)12-2-1-5-21-14(12)15(25)22-6-3-11(4-7-22)23-9-10(16(26)27)8-13(23)24/h1-2,5,10-11H,3-4,6-9H2,(H,26,27). The number of alkyl halides is 3. The normalized spacial score (nSPS) is 21.6. The SMILES string of the molecule is O=C(O)C1CC(=O)N(C2CCN(C(=O)c3ncccc3C(F)(F)F)CC2)C1. The number of aliphatic carboxylic acids is 1. The molecule has 146 valence electrons. The van der Waals surface area contributed by atoms with E-state index in [-0.39, 0.29) is 38.0 Å². The molecule has 3 heterocycles. The lowest BCUT2D eigenvalue weighted by atomic mass is 10.0. The number of aromatic nitrogens is 1. The molecule has 2 amide bonds. The summed E-state index contributed by atoms with van der Waals surface area (Å²) < 4.78 is 39.3. The van der Waals surface area contributed by atoms with Crippen LogP contribution in [0.5, 0.6) is 0 Å². The monoisotopic (exact) mass is 385 g/mol. The average Bonchev–Trinajstić information content (AvgIpc) is 3.03. The number of hydrogen-bond acceptors (Lipinski definition) is 4. The van der Waals surface area contributed by atoms with E-state index in [1.807, 2.05) is 0 Å². The highest BCUT2D eigenvalue weighted by molar-refractivity contribution is 5.94. The first-order chi connectivity index (χ1) is 12.7. The van der Waals surface area contributed by atoms with Crippen LogP contribution in [0.1, 0.15) is 35.3 Å². The van der Waals surface area contributed by atoms with Crippen molar-refractivity contribution in [2.45, 2.75) is 31.5 Å². The van der Waals surface area contributed by atoms with E-state index in [0.29, 0.717) is 12.8 Å². The number of nitrogens with zero attached hydrogens (tertiary/aromatic N) is 3. The molecule has 0 bridgehead atoms. The van der Waals surface area contributed by atoms with Crippen LogP contribution < -0.4 is 0 Å². The maximum atomic E-state index is 13.1. The largest absolute Gasteiger partial charge is 0.481 e. The molecular formula is C17H18F3N3O4. The van der Waals surface area contributed by atoms with Crippen LogP contribution in [-0.2, 0) is 15.8 Å². The molecular weight excluding hydrogens is 367 g/mol. The molecule has 2 saturated heterocycles. The Morgan fingerprint density at radius 1 is 1.22 bits per heavy atom. The van der Waals surface area contributed by atoms with Gasteiger partial charge >= 0.3 is 12.1 Å². The molecule has 1 N–H and O–H groups in total. The van der Waals surface area contributed by atoms with Crippen molar-refractivity contribution in [2.75, 3.05) is 19.6 Å². The van der Waals surface area contributed by atoms with Crippen LogP contribution in [0.25, 0.3) is 0 Å². The van der Waals surface area contributed by atoms with Crippen LogP contribution in [0.2, 0.25) is 0 Å². The fraction of sp³-hybridized carbons (Fsp3) is 0.529. The Kier molecular flexibility index (Phi) is 5.07. The number of amides is 2. The highest BCUT2D eigenvalue weighted by atomic mass is 19.4. The Hall–Kier alpha value is -2.65. The molecule has 0 radical (unpaired) electrons. The number of likely N-dealkylation sites (tertiary alicyclic amines) is 2. The van der Waals surface area contributed by atoms with Crippen LogP contribution in [0.4, 0.5) is 13.2 Å².